The van der Waals surface area contributed by atoms with Gasteiger partial charge in [-0.15, -0.1) is 0 Å². The van der Waals surface area contributed by atoms with Crippen molar-refractivity contribution in [2.24, 2.45) is 11.3 Å². The highest BCUT2D eigenvalue weighted by Gasteiger charge is 2.39. The minimum absolute atomic E-state index is 0.0115. The predicted molar refractivity (Wildman–Crippen MR) is 136 cm³/mol. The Kier molecular flexibility index (Phi) is 11.0. The van der Waals surface area contributed by atoms with Crippen molar-refractivity contribution in [2.45, 2.75) is 39.3 Å². The number of hydrogen-bond acceptors (Lipinski definition) is 7. The average molecular weight is 517 g/mol. The van der Waals surface area contributed by atoms with Gasteiger partial charge in [0.15, 0.2) is 6.10 Å². The number of likely N-dealkylation sites (N-methyl/N-ethyl adjacent to an activating group) is 1. The third-order valence-electron chi connectivity index (χ3n) is 5.83. The maximum absolute atomic E-state index is 13.6. The van der Waals surface area contributed by atoms with E-state index in [1.807, 2.05) is 42.5 Å². The van der Waals surface area contributed by atoms with Crippen LogP contribution < -0.4 is 21.4 Å². The molecule has 0 radical (unpaired) electrons. The van der Waals surface area contributed by atoms with Gasteiger partial charge in [-0.25, -0.2) is 5.48 Å². The number of hydroxylamine groups is 1. The zero-order valence-corrected chi connectivity index (χ0v) is 21.5. The largest absolute Gasteiger partial charge is 0.395 e. The lowest BCUT2D eigenvalue weighted by Crippen LogP contribution is -2.57. The quantitative estimate of drug-likeness (QED) is 0.174. The molecule has 11 heteroatoms. The third-order valence-corrected chi connectivity index (χ3v) is 5.83. The van der Waals surface area contributed by atoms with Crippen molar-refractivity contribution in [2.75, 3.05) is 26.8 Å². The number of aliphatic hydroxyl groups is 1. The molecule has 11 nitrogen and oxygen atoms in total. The molecule has 2 aromatic rings. The summed E-state index contributed by atoms with van der Waals surface area (Å²) in [5, 5.41) is 27.8. The number of fused-ring (bicyclic) bond motifs is 1. The second-order valence-corrected chi connectivity index (χ2v) is 9.70. The van der Waals surface area contributed by atoms with Gasteiger partial charge in [0.25, 0.3) is 5.91 Å². The van der Waals surface area contributed by atoms with Crippen molar-refractivity contribution < 1.29 is 34.2 Å². The van der Waals surface area contributed by atoms with Crippen LogP contribution in [0.5, 0.6) is 0 Å². The summed E-state index contributed by atoms with van der Waals surface area (Å²) in [5.74, 6) is -3.94. The molecule has 4 amide bonds. The fraction of sp³-hybridized carbons (Fsp3) is 0.462. The Morgan fingerprint density at radius 3 is 2.24 bits per heavy atom. The van der Waals surface area contributed by atoms with Crippen molar-refractivity contribution in [3.63, 3.8) is 0 Å². The molecular weight excluding hydrogens is 480 g/mol. The molecule has 0 saturated carbocycles. The SMILES string of the molecule is CNC(=O)[C@@H](NC(=O)[C@H](Cc1ccc2ccccc2c1)[C@H](OCC(=O)NCCO)C(=O)NO)C(C)(C)C. The Balaban J connectivity index is 2.43. The fourth-order valence-corrected chi connectivity index (χ4v) is 3.88. The van der Waals surface area contributed by atoms with Gasteiger partial charge in [0.1, 0.15) is 12.6 Å². The Hall–Kier alpha value is -3.54. The Morgan fingerprint density at radius 1 is 0.973 bits per heavy atom. The number of hydrogen-bond donors (Lipinski definition) is 6. The first-order valence-electron chi connectivity index (χ1n) is 11.9. The van der Waals surface area contributed by atoms with E-state index in [0.717, 1.165) is 10.8 Å². The van der Waals surface area contributed by atoms with E-state index in [4.69, 9.17) is 9.84 Å². The van der Waals surface area contributed by atoms with Gasteiger partial charge in [-0.2, -0.15) is 0 Å². The molecule has 6 N–H and O–H groups in total. The summed E-state index contributed by atoms with van der Waals surface area (Å²) in [5.41, 5.74) is 1.55. The van der Waals surface area contributed by atoms with Crippen LogP contribution in [0.2, 0.25) is 0 Å². The number of rotatable bonds is 12. The van der Waals surface area contributed by atoms with Crippen LogP contribution in [-0.4, -0.2) is 72.9 Å². The van der Waals surface area contributed by atoms with Crippen LogP contribution in [0.25, 0.3) is 10.8 Å². The lowest BCUT2D eigenvalue weighted by molar-refractivity contribution is -0.153. The number of aliphatic hydroxyl groups excluding tert-OH is 1. The number of carbonyl (C=O) groups excluding carboxylic acids is 4. The molecule has 0 heterocycles. The molecule has 37 heavy (non-hydrogen) atoms. The second-order valence-electron chi connectivity index (χ2n) is 9.70. The monoisotopic (exact) mass is 516 g/mol. The van der Waals surface area contributed by atoms with Crippen molar-refractivity contribution >= 4 is 34.4 Å². The molecule has 0 saturated heterocycles. The molecule has 0 aromatic heterocycles. The first kappa shape index (κ1) is 29.7. The van der Waals surface area contributed by atoms with Gasteiger partial charge < -0.3 is 25.8 Å². The van der Waals surface area contributed by atoms with Gasteiger partial charge in [0, 0.05) is 13.6 Å². The van der Waals surface area contributed by atoms with Gasteiger partial charge in [0.2, 0.25) is 17.7 Å². The van der Waals surface area contributed by atoms with Crippen molar-refractivity contribution in [3.8, 4) is 0 Å². The second kappa shape index (κ2) is 13.7. The maximum Gasteiger partial charge on any atom is 0.273 e. The van der Waals surface area contributed by atoms with Gasteiger partial charge in [-0.05, 0) is 28.2 Å². The van der Waals surface area contributed by atoms with Gasteiger partial charge in [-0.1, -0.05) is 63.2 Å². The molecule has 0 aliphatic carbocycles. The molecule has 0 bridgehead atoms. The highest BCUT2D eigenvalue weighted by Crippen LogP contribution is 2.24. The van der Waals surface area contributed by atoms with Crippen LogP contribution >= 0.6 is 0 Å². The number of amides is 4. The number of ether oxygens (including phenoxy) is 1. The molecule has 2 aromatic carbocycles. The van der Waals surface area contributed by atoms with Crippen LogP contribution in [-0.2, 0) is 30.3 Å². The minimum Gasteiger partial charge on any atom is -0.395 e. The van der Waals surface area contributed by atoms with Crippen LogP contribution in [0.1, 0.15) is 26.3 Å². The lowest BCUT2D eigenvalue weighted by Gasteiger charge is -2.32. The molecule has 0 aliphatic heterocycles. The average Bonchev–Trinajstić information content (AvgIpc) is 2.88. The summed E-state index contributed by atoms with van der Waals surface area (Å²) in [6, 6.07) is 12.3. The molecule has 202 valence electrons. The van der Waals surface area contributed by atoms with E-state index in [-0.39, 0.29) is 19.6 Å². The van der Waals surface area contributed by atoms with Crippen LogP contribution in [0, 0.1) is 11.3 Å². The van der Waals surface area contributed by atoms with E-state index < -0.39 is 53.7 Å². The summed E-state index contributed by atoms with van der Waals surface area (Å²) in [6.07, 6.45) is -1.56. The highest BCUT2D eigenvalue weighted by atomic mass is 16.5. The number of carbonyl (C=O) groups is 4. The predicted octanol–water partition coefficient (Wildman–Crippen LogP) is 0.275. The Morgan fingerprint density at radius 2 is 1.65 bits per heavy atom. The van der Waals surface area contributed by atoms with Crippen LogP contribution in [0.15, 0.2) is 42.5 Å². The van der Waals surface area contributed by atoms with Gasteiger partial charge >= 0.3 is 0 Å². The van der Waals surface area contributed by atoms with E-state index in [2.05, 4.69) is 16.0 Å². The summed E-state index contributed by atoms with van der Waals surface area (Å²) in [4.78, 5) is 50.8. The van der Waals surface area contributed by atoms with E-state index in [9.17, 15) is 24.4 Å². The zero-order valence-electron chi connectivity index (χ0n) is 21.5. The van der Waals surface area contributed by atoms with Crippen molar-refractivity contribution in [1.82, 2.24) is 21.4 Å². The summed E-state index contributed by atoms with van der Waals surface area (Å²) in [7, 11) is 1.45. The summed E-state index contributed by atoms with van der Waals surface area (Å²) in [6.45, 7) is 4.45. The van der Waals surface area contributed by atoms with E-state index in [1.165, 1.54) is 12.5 Å². The zero-order chi connectivity index (χ0) is 27.6. The van der Waals surface area contributed by atoms with E-state index in [0.29, 0.717) is 5.56 Å². The number of benzene rings is 2. The van der Waals surface area contributed by atoms with Gasteiger partial charge in [-0.3, -0.25) is 24.4 Å². The first-order valence-corrected chi connectivity index (χ1v) is 11.9. The first-order chi connectivity index (χ1) is 17.5. The fourth-order valence-electron chi connectivity index (χ4n) is 3.88. The van der Waals surface area contributed by atoms with Crippen LogP contribution in [0.3, 0.4) is 0 Å². The molecule has 3 atom stereocenters. The summed E-state index contributed by atoms with van der Waals surface area (Å²) >= 11 is 0. The van der Waals surface area contributed by atoms with E-state index >= 15 is 0 Å². The molecule has 0 spiro atoms. The molecule has 0 aliphatic rings. The highest BCUT2D eigenvalue weighted by molar-refractivity contribution is 5.93. The summed E-state index contributed by atoms with van der Waals surface area (Å²) < 4.78 is 5.52. The topological polar surface area (TPSA) is 166 Å². The normalized spacial score (nSPS) is 13.8. The Labute approximate surface area is 215 Å². The standard InChI is InChI=1S/C26H36N4O7/c1-26(2,3)22(25(35)27-4)29-23(33)19(14-16-9-10-17-7-5-6-8-18(17)13-16)21(24(34)30-36)37-15-20(32)28-11-12-31/h5-10,13,19,21-22,31,36H,11-12,14-15H2,1-4H3,(H,27,35)(H,28,32)(H,29,33)(H,30,34)/t19-,21+,22-/m1/s1. The lowest BCUT2D eigenvalue weighted by atomic mass is 9.84. The van der Waals surface area contributed by atoms with Gasteiger partial charge in [0.05, 0.1) is 12.5 Å². The smallest absolute Gasteiger partial charge is 0.273 e. The molecular formula is C26H36N4O7. The maximum atomic E-state index is 13.6. The van der Waals surface area contributed by atoms with Crippen molar-refractivity contribution in [1.29, 1.82) is 0 Å². The minimum atomic E-state index is -1.57. The Bertz CT molecular complexity index is 1100. The molecule has 0 fully saturated rings. The van der Waals surface area contributed by atoms with Crippen LogP contribution in [0.4, 0.5) is 0 Å². The number of nitrogens with one attached hydrogen (secondary N) is 4. The third kappa shape index (κ3) is 8.52. The molecule has 0 unspecified atom stereocenters. The van der Waals surface area contributed by atoms with E-state index in [1.54, 1.807) is 20.8 Å². The van der Waals surface area contributed by atoms with Crippen molar-refractivity contribution in [3.05, 3.63) is 48.0 Å². The molecule has 2 rings (SSSR count).